The van der Waals surface area contributed by atoms with Crippen molar-refractivity contribution in [3.63, 3.8) is 0 Å². The van der Waals surface area contributed by atoms with E-state index < -0.39 is 35.2 Å². The number of benzene rings is 2. The fourth-order valence-electron chi connectivity index (χ4n) is 5.06. The Hall–Kier alpha value is -4.55. The van der Waals surface area contributed by atoms with E-state index in [1.165, 1.54) is 30.7 Å². The van der Waals surface area contributed by atoms with Crippen LogP contribution in [-0.4, -0.2) is 60.7 Å². The van der Waals surface area contributed by atoms with Gasteiger partial charge in [-0.3, -0.25) is 19.3 Å². The number of aliphatic hydroxyl groups is 1. The van der Waals surface area contributed by atoms with E-state index in [1.54, 1.807) is 30.1 Å². The first-order chi connectivity index (χ1) is 19.3. The molecule has 204 valence electrons. The van der Waals surface area contributed by atoms with Crippen molar-refractivity contribution in [1.29, 1.82) is 0 Å². The largest absolute Gasteiger partial charge is 0.394 e. The molecule has 1 amide bonds. The summed E-state index contributed by atoms with van der Waals surface area (Å²) in [6, 6.07) is 7.75. The first kappa shape index (κ1) is 25.7. The molecule has 12 heteroatoms. The average molecular weight is 547 g/mol. The van der Waals surface area contributed by atoms with Crippen LogP contribution in [0.1, 0.15) is 22.3 Å². The van der Waals surface area contributed by atoms with Crippen LogP contribution >= 0.6 is 0 Å². The highest BCUT2D eigenvalue weighted by molar-refractivity contribution is 6.04. The van der Waals surface area contributed by atoms with E-state index in [0.29, 0.717) is 29.7 Å². The molecule has 1 saturated heterocycles. The summed E-state index contributed by atoms with van der Waals surface area (Å²) in [5.74, 6) is -2.33. The molecule has 1 aliphatic rings. The van der Waals surface area contributed by atoms with Gasteiger partial charge in [0.1, 0.15) is 17.2 Å². The van der Waals surface area contributed by atoms with Crippen molar-refractivity contribution >= 4 is 27.8 Å². The number of rotatable bonds is 6. The number of nitrogens with one attached hydrogen (secondary N) is 1. The second-order valence-electron chi connectivity index (χ2n) is 9.88. The third kappa shape index (κ3) is 4.40. The Kier molecular flexibility index (Phi) is 6.35. The SMILES string of the molecule is Cn1cc2c(-c3cc(F)c(Cn4cc(C(=O)NC5(CO)CCOC5)c5nccnc5c4=O)c(F)c3)cccc2n1. The molecule has 10 nitrogen and oxygen atoms in total. The Labute approximate surface area is 225 Å². The molecular weight excluding hydrogens is 522 g/mol. The standard InChI is InChI=1S/C28H24F2N6O4/c1-35-11-18-17(3-2-4-23(18)34-35)16-9-21(29)19(22(30)10-16)12-36-13-20(24-25(27(36)39)32-7-6-31-24)26(38)33-28(14-37)5-8-40-15-28/h2-4,6-7,9-11,13,37H,5,8,12,14-15H2,1H3,(H,33,38). The van der Waals surface area contributed by atoms with Gasteiger partial charge in [0.2, 0.25) is 0 Å². The molecule has 2 N–H and O–H groups in total. The van der Waals surface area contributed by atoms with Crippen molar-refractivity contribution in [3.8, 4) is 11.1 Å². The van der Waals surface area contributed by atoms with E-state index in [2.05, 4.69) is 20.4 Å². The normalized spacial score (nSPS) is 17.1. The summed E-state index contributed by atoms with van der Waals surface area (Å²) in [5, 5.41) is 17.7. The molecule has 40 heavy (non-hydrogen) atoms. The number of pyridine rings is 1. The molecule has 0 spiro atoms. The lowest BCUT2D eigenvalue weighted by atomic mass is 9.99. The van der Waals surface area contributed by atoms with Crippen LogP contribution in [0.25, 0.3) is 33.1 Å². The van der Waals surface area contributed by atoms with E-state index in [1.807, 2.05) is 6.07 Å². The van der Waals surface area contributed by atoms with Crippen LogP contribution in [0.15, 0.2) is 59.9 Å². The maximum Gasteiger partial charge on any atom is 0.279 e. The minimum atomic E-state index is -0.988. The molecule has 0 radical (unpaired) electrons. The van der Waals surface area contributed by atoms with Crippen LogP contribution in [0.3, 0.4) is 0 Å². The first-order valence-corrected chi connectivity index (χ1v) is 12.5. The van der Waals surface area contributed by atoms with Gasteiger partial charge < -0.3 is 19.7 Å². The number of hydrogen-bond acceptors (Lipinski definition) is 7. The number of aryl methyl sites for hydroxylation is 1. The number of hydrogen-bond donors (Lipinski definition) is 2. The van der Waals surface area contributed by atoms with Crippen LogP contribution in [0.2, 0.25) is 0 Å². The Balaban J connectivity index is 1.40. The molecule has 5 aromatic rings. The number of carbonyl (C=O) groups excluding carboxylic acids is 1. The van der Waals surface area contributed by atoms with Crippen molar-refractivity contribution < 1.29 is 23.4 Å². The lowest BCUT2D eigenvalue weighted by molar-refractivity contribution is 0.0790. The summed E-state index contributed by atoms with van der Waals surface area (Å²) >= 11 is 0. The Morgan fingerprint density at radius 3 is 2.60 bits per heavy atom. The summed E-state index contributed by atoms with van der Waals surface area (Å²) < 4.78 is 38.9. The maximum atomic E-state index is 15.4. The number of fused-ring (bicyclic) bond motifs is 2. The van der Waals surface area contributed by atoms with Gasteiger partial charge in [-0.2, -0.15) is 5.10 Å². The third-order valence-corrected chi connectivity index (χ3v) is 7.18. The fourth-order valence-corrected chi connectivity index (χ4v) is 5.06. The molecule has 1 atom stereocenters. The van der Waals surface area contributed by atoms with Crippen molar-refractivity contribution in [2.45, 2.75) is 18.5 Å². The first-order valence-electron chi connectivity index (χ1n) is 12.5. The zero-order chi connectivity index (χ0) is 28.0. The molecule has 1 aliphatic heterocycles. The highest BCUT2D eigenvalue weighted by atomic mass is 19.1. The van der Waals surface area contributed by atoms with Crippen LogP contribution < -0.4 is 10.9 Å². The van der Waals surface area contributed by atoms with E-state index in [0.717, 1.165) is 9.95 Å². The zero-order valence-electron chi connectivity index (χ0n) is 21.4. The van der Waals surface area contributed by atoms with Gasteiger partial charge in [0.15, 0.2) is 5.52 Å². The van der Waals surface area contributed by atoms with Crippen LogP contribution in [0, 0.1) is 11.6 Å². The van der Waals surface area contributed by atoms with E-state index in [-0.39, 0.29) is 35.4 Å². The van der Waals surface area contributed by atoms with Gasteiger partial charge in [0, 0.05) is 49.4 Å². The number of amides is 1. The summed E-state index contributed by atoms with van der Waals surface area (Å²) in [5.41, 5.74) is -0.500. The molecule has 2 aromatic carbocycles. The maximum absolute atomic E-state index is 15.4. The number of halogens is 2. The van der Waals surface area contributed by atoms with Crippen molar-refractivity contribution in [3.05, 3.63) is 88.2 Å². The Morgan fingerprint density at radius 1 is 1.15 bits per heavy atom. The molecule has 4 heterocycles. The lowest BCUT2D eigenvalue weighted by Gasteiger charge is -2.26. The van der Waals surface area contributed by atoms with Crippen molar-refractivity contribution in [1.82, 2.24) is 29.6 Å². The van der Waals surface area contributed by atoms with Gasteiger partial charge in [-0.25, -0.2) is 13.8 Å². The molecule has 3 aromatic heterocycles. The van der Waals surface area contributed by atoms with Gasteiger partial charge in [-0.15, -0.1) is 0 Å². The predicted molar refractivity (Wildman–Crippen MR) is 142 cm³/mol. The second-order valence-corrected chi connectivity index (χ2v) is 9.88. The molecule has 0 aliphatic carbocycles. The lowest BCUT2D eigenvalue weighted by Crippen LogP contribution is -2.52. The van der Waals surface area contributed by atoms with E-state index in [4.69, 9.17) is 4.74 Å². The predicted octanol–water partition coefficient (Wildman–Crippen LogP) is 2.55. The Bertz CT molecular complexity index is 1820. The van der Waals surface area contributed by atoms with E-state index >= 15 is 8.78 Å². The smallest absolute Gasteiger partial charge is 0.279 e. The minimum absolute atomic E-state index is 0.0249. The number of ether oxygens (including phenoxy) is 1. The highest BCUT2D eigenvalue weighted by Gasteiger charge is 2.36. The second kappa shape index (κ2) is 9.88. The topological polar surface area (TPSA) is 124 Å². The monoisotopic (exact) mass is 546 g/mol. The number of aromatic nitrogens is 5. The summed E-state index contributed by atoms with van der Waals surface area (Å²) in [4.78, 5) is 34.8. The van der Waals surface area contributed by atoms with Crippen LogP contribution in [0.5, 0.6) is 0 Å². The van der Waals surface area contributed by atoms with Gasteiger partial charge in [0.25, 0.3) is 11.5 Å². The van der Waals surface area contributed by atoms with Crippen LogP contribution in [-0.2, 0) is 18.3 Å². The average Bonchev–Trinajstić information content (AvgIpc) is 3.57. The third-order valence-electron chi connectivity index (χ3n) is 7.18. The number of nitrogens with zero attached hydrogens (tertiary/aromatic N) is 5. The molecule has 1 fully saturated rings. The molecule has 0 saturated carbocycles. The molecular formula is C28H24F2N6O4. The fraction of sp³-hybridized carbons (Fsp3) is 0.250. The Morgan fingerprint density at radius 2 is 1.90 bits per heavy atom. The zero-order valence-corrected chi connectivity index (χ0v) is 21.4. The summed E-state index contributed by atoms with van der Waals surface area (Å²) in [6.07, 6.45) is 6.01. The van der Waals surface area contributed by atoms with Gasteiger partial charge >= 0.3 is 0 Å². The minimum Gasteiger partial charge on any atom is -0.394 e. The summed E-state index contributed by atoms with van der Waals surface area (Å²) in [6.45, 7) is -0.356. The highest BCUT2D eigenvalue weighted by Crippen LogP contribution is 2.31. The van der Waals surface area contributed by atoms with Crippen LogP contribution in [0.4, 0.5) is 8.78 Å². The number of aliphatic hydroxyl groups excluding tert-OH is 1. The van der Waals surface area contributed by atoms with Crippen molar-refractivity contribution in [2.24, 2.45) is 7.05 Å². The van der Waals surface area contributed by atoms with E-state index in [9.17, 15) is 14.7 Å². The summed E-state index contributed by atoms with van der Waals surface area (Å²) in [7, 11) is 1.76. The number of carbonyl (C=O) groups is 1. The van der Waals surface area contributed by atoms with Gasteiger partial charge in [0.05, 0.1) is 36.4 Å². The van der Waals surface area contributed by atoms with Crippen molar-refractivity contribution in [2.75, 3.05) is 19.8 Å². The quantitative estimate of drug-likeness (QED) is 0.336. The van der Waals surface area contributed by atoms with Gasteiger partial charge in [-0.05, 0) is 35.7 Å². The molecule has 0 bridgehead atoms. The van der Waals surface area contributed by atoms with Gasteiger partial charge in [-0.1, -0.05) is 12.1 Å². The molecule has 6 rings (SSSR count). The molecule has 1 unspecified atom stereocenters.